The highest BCUT2D eigenvalue weighted by atomic mass is 127. The molecule has 1 heterocycles. The molecule has 2 N–H and O–H groups in total. The van der Waals surface area contributed by atoms with E-state index >= 15 is 0 Å². The number of hydrogen-bond donors (Lipinski definition) is 2. The minimum atomic E-state index is -0.241. The summed E-state index contributed by atoms with van der Waals surface area (Å²) in [5, 5.41) is 4.12. The van der Waals surface area contributed by atoms with Gasteiger partial charge in [0.15, 0.2) is 5.96 Å². The summed E-state index contributed by atoms with van der Waals surface area (Å²) in [6.45, 7) is 8.91. The summed E-state index contributed by atoms with van der Waals surface area (Å²) in [4.78, 5) is 23.8. The predicted molar refractivity (Wildman–Crippen MR) is 124 cm³/mol. The van der Waals surface area contributed by atoms with Crippen LogP contribution >= 0.6 is 24.0 Å². The fraction of sp³-hybridized carbons (Fsp3) is 0.500. The topological polar surface area (TPSA) is 63.7 Å². The van der Waals surface area contributed by atoms with Crippen molar-refractivity contribution in [2.45, 2.75) is 27.2 Å². The summed E-state index contributed by atoms with van der Waals surface area (Å²) in [5.74, 6) is 0.541. The van der Waals surface area contributed by atoms with Crippen LogP contribution in [0.2, 0.25) is 0 Å². The first kappa shape index (κ1) is 24.2. The average Bonchev–Trinajstić information content (AvgIpc) is 3.04. The first-order valence-corrected chi connectivity index (χ1v) is 9.52. The molecule has 0 saturated heterocycles. The monoisotopic (exact) mass is 503 g/mol. The smallest absolute Gasteiger partial charge is 0.242 e. The predicted octanol–water partition coefficient (Wildman–Crippen LogP) is 3.23. The van der Waals surface area contributed by atoms with Crippen LogP contribution in [0.15, 0.2) is 29.4 Å². The molecular weight excluding hydrogens is 472 g/mol. The largest absolute Gasteiger partial charge is 0.361 e. The second-order valence-electron chi connectivity index (χ2n) is 6.41. The number of likely N-dealkylation sites (N-methyl/N-ethyl adjacent to an activating group) is 2. The maximum absolute atomic E-state index is 13.5. The van der Waals surface area contributed by atoms with Crippen LogP contribution < -0.4 is 5.32 Å². The normalized spacial score (nSPS) is 11.2. The van der Waals surface area contributed by atoms with Gasteiger partial charge < -0.3 is 20.1 Å². The van der Waals surface area contributed by atoms with Crippen molar-refractivity contribution in [1.82, 2.24) is 20.1 Å². The Bertz CT molecular complexity index is 788. The number of fused-ring (bicyclic) bond motifs is 1. The molecular formula is C20H31FIN5O. The molecule has 0 spiro atoms. The Morgan fingerprint density at radius 1 is 1.25 bits per heavy atom. The molecule has 0 aliphatic heterocycles. The minimum Gasteiger partial charge on any atom is -0.361 e. The van der Waals surface area contributed by atoms with E-state index in [4.69, 9.17) is 0 Å². The van der Waals surface area contributed by atoms with Gasteiger partial charge in [0, 0.05) is 50.3 Å². The van der Waals surface area contributed by atoms with E-state index in [0.29, 0.717) is 32.0 Å². The van der Waals surface area contributed by atoms with Gasteiger partial charge in [-0.15, -0.1) is 24.0 Å². The van der Waals surface area contributed by atoms with Crippen molar-refractivity contribution in [2.24, 2.45) is 4.99 Å². The summed E-state index contributed by atoms with van der Waals surface area (Å²) in [6.07, 6.45) is 2.59. The van der Waals surface area contributed by atoms with Gasteiger partial charge in [-0.05, 0) is 51.0 Å². The molecule has 2 aromatic rings. The van der Waals surface area contributed by atoms with E-state index in [1.807, 2.05) is 38.9 Å². The quantitative estimate of drug-likeness (QED) is 0.331. The lowest BCUT2D eigenvalue weighted by atomic mass is 10.1. The Morgan fingerprint density at radius 2 is 1.96 bits per heavy atom. The summed E-state index contributed by atoms with van der Waals surface area (Å²) < 4.78 is 13.5. The molecule has 1 aromatic carbocycles. The highest BCUT2D eigenvalue weighted by Gasteiger charge is 2.15. The summed E-state index contributed by atoms with van der Waals surface area (Å²) in [7, 11) is 1.87. The van der Waals surface area contributed by atoms with E-state index < -0.39 is 0 Å². The molecule has 6 nitrogen and oxygen atoms in total. The molecule has 1 aromatic heterocycles. The highest BCUT2D eigenvalue weighted by Crippen LogP contribution is 2.19. The zero-order valence-electron chi connectivity index (χ0n) is 17.1. The molecule has 0 aliphatic carbocycles. The average molecular weight is 503 g/mol. The molecule has 0 saturated carbocycles. The number of carbonyl (C=O) groups is 1. The number of carbonyl (C=O) groups excluding carboxylic acids is 1. The van der Waals surface area contributed by atoms with Crippen LogP contribution in [-0.4, -0.2) is 66.4 Å². The standard InChI is InChI=1S/C20H30FN5O.HI/c1-5-22-20(25(4)14-19(27)26(6-2)7-3)23-11-10-15-13-24-18-9-8-16(21)12-17(15)18;/h8-9,12-13,24H,5-7,10-11,14H2,1-4H3,(H,22,23);1H. The number of hydrogen-bond acceptors (Lipinski definition) is 2. The summed E-state index contributed by atoms with van der Waals surface area (Å²) in [6, 6.07) is 4.74. The molecule has 0 atom stereocenters. The third-order valence-corrected chi connectivity index (χ3v) is 4.56. The lowest BCUT2D eigenvalue weighted by Gasteiger charge is -2.25. The number of aromatic nitrogens is 1. The van der Waals surface area contributed by atoms with E-state index in [-0.39, 0.29) is 42.2 Å². The van der Waals surface area contributed by atoms with E-state index in [1.54, 1.807) is 17.0 Å². The summed E-state index contributed by atoms with van der Waals surface area (Å²) >= 11 is 0. The number of guanidine groups is 1. The number of aliphatic imine (C=N–C) groups is 1. The van der Waals surface area contributed by atoms with Crippen LogP contribution in [0.3, 0.4) is 0 Å². The number of benzene rings is 1. The Balaban J connectivity index is 0.00000392. The van der Waals surface area contributed by atoms with Crippen molar-refractivity contribution in [3.05, 3.63) is 35.8 Å². The van der Waals surface area contributed by atoms with Gasteiger partial charge >= 0.3 is 0 Å². The number of halogens is 2. The van der Waals surface area contributed by atoms with Gasteiger partial charge in [-0.3, -0.25) is 9.79 Å². The molecule has 0 bridgehead atoms. The minimum absolute atomic E-state index is 0. The molecule has 0 fully saturated rings. The van der Waals surface area contributed by atoms with Crippen molar-refractivity contribution in [1.29, 1.82) is 0 Å². The molecule has 2 rings (SSSR count). The van der Waals surface area contributed by atoms with Crippen molar-refractivity contribution >= 4 is 46.7 Å². The van der Waals surface area contributed by atoms with Crippen LogP contribution in [0.25, 0.3) is 10.9 Å². The lowest BCUT2D eigenvalue weighted by Crippen LogP contribution is -2.45. The number of nitrogens with zero attached hydrogens (tertiary/aromatic N) is 3. The van der Waals surface area contributed by atoms with Crippen molar-refractivity contribution in [3.63, 3.8) is 0 Å². The molecule has 0 aliphatic rings. The van der Waals surface area contributed by atoms with Crippen LogP contribution in [-0.2, 0) is 11.2 Å². The Morgan fingerprint density at radius 3 is 2.61 bits per heavy atom. The molecule has 0 radical (unpaired) electrons. The number of nitrogens with one attached hydrogen (secondary N) is 2. The van der Waals surface area contributed by atoms with Gasteiger partial charge in [0.2, 0.25) is 5.91 Å². The van der Waals surface area contributed by atoms with E-state index in [9.17, 15) is 9.18 Å². The molecule has 8 heteroatoms. The van der Waals surface area contributed by atoms with E-state index in [0.717, 1.165) is 23.0 Å². The van der Waals surface area contributed by atoms with Gasteiger partial charge in [0.05, 0.1) is 6.54 Å². The third-order valence-electron chi connectivity index (χ3n) is 4.56. The Hall–Kier alpha value is -1.84. The molecule has 1 amide bonds. The maximum atomic E-state index is 13.5. The molecule has 156 valence electrons. The fourth-order valence-electron chi connectivity index (χ4n) is 3.06. The Kier molecular flexibility index (Phi) is 10.3. The second kappa shape index (κ2) is 11.9. The van der Waals surface area contributed by atoms with Gasteiger partial charge in [-0.1, -0.05) is 0 Å². The third kappa shape index (κ3) is 6.35. The number of H-pyrrole nitrogens is 1. The van der Waals surface area contributed by atoms with Crippen molar-refractivity contribution in [3.8, 4) is 0 Å². The zero-order valence-corrected chi connectivity index (χ0v) is 19.4. The van der Waals surface area contributed by atoms with Crippen LogP contribution in [0, 0.1) is 5.82 Å². The molecule has 28 heavy (non-hydrogen) atoms. The Labute approximate surface area is 183 Å². The SMILES string of the molecule is CCNC(=NCCc1c[nH]c2ccc(F)cc12)N(C)CC(=O)N(CC)CC.I. The van der Waals surface area contributed by atoms with Crippen molar-refractivity contribution in [2.75, 3.05) is 39.8 Å². The zero-order chi connectivity index (χ0) is 19.8. The molecule has 0 unspecified atom stereocenters. The van der Waals surface area contributed by atoms with Crippen LogP contribution in [0.4, 0.5) is 4.39 Å². The summed E-state index contributed by atoms with van der Waals surface area (Å²) in [5.41, 5.74) is 1.95. The van der Waals surface area contributed by atoms with Crippen LogP contribution in [0.5, 0.6) is 0 Å². The first-order chi connectivity index (χ1) is 13.0. The maximum Gasteiger partial charge on any atom is 0.242 e. The van der Waals surface area contributed by atoms with Gasteiger partial charge in [-0.2, -0.15) is 0 Å². The van der Waals surface area contributed by atoms with E-state index in [2.05, 4.69) is 15.3 Å². The van der Waals surface area contributed by atoms with Crippen molar-refractivity contribution < 1.29 is 9.18 Å². The second-order valence-corrected chi connectivity index (χ2v) is 6.41. The highest BCUT2D eigenvalue weighted by molar-refractivity contribution is 14.0. The first-order valence-electron chi connectivity index (χ1n) is 9.52. The van der Waals surface area contributed by atoms with Gasteiger partial charge in [0.25, 0.3) is 0 Å². The van der Waals surface area contributed by atoms with Crippen LogP contribution in [0.1, 0.15) is 26.3 Å². The van der Waals surface area contributed by atoms with E-state index in [1.165, 1.54) is 6.07 Å². The lowest BCUT2D eigenvalue weighted by molar-refractivity contribution is -0.131. The fourth-order valence-corrected chi connectivity index (χ4v) is 3.06. The van der Waals surface area contributed by atoms with Gasteiger partial charge in [-0.25, -0.2) is 4.39 Å². The number of amides is 1. The number of aromatic amines is 1. The van der Waals surface area contributed by atoms with Gasteiger partial charge in [0.1, 0.15) is 5.82 Å². The number of rotatable bonds is 8.